The Kier molecular flexibility index (Phi) is 4.45. The fraction of sp³-hybridized carbons (Fsp3) is 0.579. The van der Waals surface area contributed by atoms with Crippen LogP contribution in [0.15, 0.2) is 42.5 Å². The van der Waals surface area contributed by atoms with Crippen LogP contribution in [0.25, 0.3) is 0 Å². The average Bonchev–Trinajstić information content (AvgIpc) is 2.83. The number of hydrogen-bond acceptors (Lipinski definition) is 5. The van der Waals surface area contributed by atoms with E-state index in [1.54, 1.807) is 7.11 Å². The van der Waals surface area contributed by atoms with E-state index >= 15 is 0 Å². The van der Waals surface area contributed by atoms with Crippen molar-refractivity contribution in [3.8, 4) is 0 Å². The highest BCUT2D eigenvalue weighted by atomic mass is 16.7. The molecule has 2 heterocycles. The second-order valence-corrected chi connectivity index (χ2v) is 6.76. The first-order valence-corrected chi connectivity index (χ1v) is 8.60. The van der Waals surface area contributed by atoms with Crippen LogP contribution in [0.1, 0.15) is 31.1 Å². The number of allylic oxidation sites excluding steroid dienone is 2. The van der Waals surface area contributed by atoms with Gasteiger partial charge in [-0.25, -0.2) is 0 Å². The van der Waals surface area contributed by atoms with E-state index in [0.29, 0.717) is 13.0 Å². The number of fused-ring (bicyclic) bond motifs is 3. The third kappa shape index (κ3) is 2.70. The highest BCUT2D eigenvalue weighted by Crippen LogP contribution is 2.46. The molecule has 0 bridgehead atoms. The third-order valence-corrected chi connectivity index (χ3v) is 5.36. The summed E-state index contributed by atoms with van der Waals surface area (Å²) in [6.45, 7) is 0.431. The van der Waals surface area contributed by atoms with Crippen molar-refractivity contribution in [2.75, 3.05) is 13.7 Å². The molecule has 130 valence electrons. The van der Waals surface area contributed by atoms with Crippen LogP contribution in [-0.4, -0.2) is 42.9 Å². The Morgan fingerprint density at radius 1 is 1.17 bits per heavy atom. The van der Waals surface area contributed by atoms with E-state index in [1.807, 2.05) is 30.3 Å². The Bertz CT molecular complexity index is 589. The molecule has 4 rings (SSSR count). The maximum atomic E-state index is 11.3. The van der Waals surface area contributed by atoms with Crippen molar-refractivity contribution in [2.24, 2.45) is 5.92 Å². The number of benzene rings is 1. The summed E-state index contributed by atoms with van der Waals surface area (Å²) < 4.78 is 23.6. The monoisotopic (exact) mass is 332 g/mol. The maximum absolute atomic E-state index is 11.3. The summed E-state index contributed by atoms with van der Waals surface area (Å²) in [7, 11) is 1.58. The van der Waals surface area contributed by atoms with Gasteiger partial charge in [-0.05, 0) is 19.3 Å². The van der Waals surface area contributed by atoms with Gasteiger partial charge in [0, 0.05) is 18.6 Å². The van der Waals surface area contributed by atoms with Crippen LogP contribution in [0.4, 0.5) is 0 Å². The van der Waals surface area contributed by atoms with Crippen LogP contribution in [0.3, 0.4) is 0 Å². The zero-order valence-corrected chi connectivity index (χ0v) is 13.8. The van der Waals surface area contributed by atoms with E-state index in [0.717, 1.165) is 18.4 Å². The maximum Gasteiger partial charge on any atom is 0.186 e. The summed E-state index contributed by atoms with van der Waals surface area (Å²) in [6.07, 6.45) is 4.90. The van der Waals surface area contributed by atoms with Gasteiger partial charge in [-0.2, -0.15) is 0 Å². The molecule has 24 heavy (non-hydrogen) atoms. The van der Waals surface area contributed by atoms with Gasteiger partial charge in [0.05, 0.1) is 12.7 Å². The average molecular weight is 332 g/mol. The second kappa shape index (κ2) is 6.58. The predicted molar refractivity (Wildman–Crippen MR) is 87.1 cm³/mol. The summed E-state index contributed by atoms with van der Waals surface area (Å²) >= 11 is 0. The Morgan fingerprint density at radius 2 is 2.00 bits per heavy atom. The molecule has 2 fully saturated rings. The molecule has 0 unspecified atom stereocenters. The second-order valence-electron chi connectivity index (χ2n) is 6.76. The zero-order valence-electron chi connectivity index (χ0n) is 13.8. The minimum Gasteiger partial charge on any atom is -0.384 e. The number of aliphatic hydroxyl groups is 1. The van der Waals surface area contributed by atoms with Crippen molar-refractivity contribution < 1.29 is 24.1 Å². The van der Waals surface area contributed by atoms with Crippen molar-refractivity contribution in [1.82, 2.24) is 0 Å². The lowest BCUT2D eigenvalue weighted by atomic mass is 9.74. The summed E-state index contributed by atoms with van der Waals surface area (Å²) in [6, 6.07) is 9.89. The lowest BCUT2D eigenvalue weighted by Crippen LogP contribution is -2.65. The predicted octanol–water partition coefficient (Wildman–Crippen LogP) is 2.56. The summed E-state index contributed by atoms with van der Waals surface area (Å²) in [4.78, 5) is 0. The Labute approximate surface area is 142 Å². The number of rotatable bonds is 2. The summed E-state index contributed by atoms with van der Waals surface area (Å²) in [5, 5.41) is 11.3. The van der Waals surface area contributed by atoms with Gasteiger partial charge >= 0.3 is 0 Å². The standard InChI is InChI=1S/C19H24O5/c1-21-18-19(20)11-7-3-6-10-14(19)16-15(23-18)12-22-17(24-16)13-8-4-2-5-9-13/h2-6,8-9,14-18,20H,7,10-12H2,1H3/t14-,15+,16-,17+,18-,19+/m0/s1. The molecule has 1 aliphatic carbocycles. The first-order valence-electron chi connectivity index (χ1n) is 8.60. The van der Waals surface area contributed by atoms with Crippen molar-refractivity contribution in [3.63, 3.8) is 0 Å². The van der Waals surface area contributed by atoms with Crippen LogP contribution >= 0.6 is 0 Å². The number of methoxy groups -OCH3 is 1. The van der Waals surface area contributed by atoms with E-state index in [4.69, 9.17) is 18.9 Å². The van der Waals surface area contributed by atoms with Crippen LogP contribution in [0.2, 0.25) is 0 Å². The van der Waals surface area contributed by atoms with Crippen LogP contribution in [0, 0.1) is 5.92 Å². The molecule has 1 N–H and O–H groups in total. The molecule has 2 aliphatic heterocycles. The highest BCUT2D eigenvalue weighted by molar-refractivity contribution is 5.17. The molecule has 1 aromatic rings. The minimum atomic E-state index is -1.04. The quantitative estimate of drug-likeness (QED) is 0.844. The lowest BCUT2D eigenvalue weighted by molar-refractivity contribution is -0.375. The zero-order chi connectivity index (χ0) is 16.6. The Hall–Kier alpha value is -1.24. The third-order valence-electron chi connectivity index (χ3n) is 5.36. The molecule has 0 aromatic heterocycles. The molecule has 2 saturated heterocycles. The number of hydrogen-bond donors (Lipinski definition) is 1. The van der Waals surface area contributed by atoms with Crippen molar-refractivity contribution in [2.45, 2.75) is 49.7 Å². The Morgan fingerprint density at radius 3 is 2.79 bits per heavy atom. The van der Waals surface area contributed by atoms with E-state index in [1.165, 1.54) is 0 Å². The molecule has 0 amide bonds. The summed E-state index contributed by atoms with van der Waals surface area (Å²) in [5.41, 5.74) is -0.0598. The van der Waals surface area contributed by atoms with Gasteiger partial charge in [0.25, 0.3) is 0 Å². The SMILES string of the molecule is CO[C@H]1O[C@@H]2CO[C@@H](c3ccccc3)O[C@H]2[C@@H]2CC=CCC[C@]12O. The lowest BCUT2D eigenvalue weighted by Gasteiger charge is -2.53. The normalized spacial score (nSPS) is 42.0. The van der Waals surface area contributed by atoms with Gasteiger partial charge in [0.15, 0.2) is 12.6 Å². The molecular weight excluding hydrogens is 308 g/mol. The molecule has 6 atom stereocenters. The van der Waals surface area contributed by atoms with Crippen LogP contribution in [-0.2, 0) is 18.9 Å². The van der Waals surface area contributed by atoms with Gasteiger partial charge in [0.1, 0.15) is 11.7 Å². The first-order chi connectivity index (χ1) is 11.7. The minimum absolute atomic E-state index is 0.0740. The molecular formula is C19H24O5. The first kappa shape index (κ1) is 16.2. The van der Waals surface area contributed by atoms with Gasteiger partial charge in [-0.15, -0.1) is 0 Å². The van der Waals surface area contributed by atoms with Crippen molar-refractivity contribution >= 4 is 0 Å². The van der Waals surface area contributed by atoms with Gasteiger partial charge < -0.3 is 24.1 Å². The molecule has 0 radical (unpaired) electrons. The molecule has 5 heteroatoms. The molecule has 1 aromatic carbocycles. The fourth-order valence-electron chi connectivity index (χ4n) is 4.11. The van der Waals surface area contributed by atoms with Crippen LogP contribution < -0.4 is 0 Å². The smallest absolute Gasteiger partial charge is 0.186 e. The fourth-order valence-corrected chi connectivity index (χ4v) is 4.11. The molecule has 0 saturated carbocycles. The molecule has 5 nitrogen and oxygen atoms in total. The highest BCUT2D eigenvalue weighted by Gasteiger charge is 2.57. The van der Waals surface area contributed by atoms with Crippen LogP contribution in [0.5, 0.6) is 0 Å². The topological polar surface area (TPSA) is 57.2 Å². The molecule has 3 aliphatic rings. The Balaban J connectivity index is 1.62. The summed E-state index contributed by atoms with van der Waals surface area (Å²) in [5.74, 6) is -0.0740. The largest absolute Gasteiger partial charge is 0.384 e. The van der Waals surface area contributed by atoms with Gasteiger partial charge in [0.2, 0.25) is 0 Å². The van der Waals surface area contributed by atoms with Gasteiger partial charge in [-0.3, -0.25) is 0 Å². The van der Waals surface area contributed by atoms with E-state index in [2.05, 4.69) is 12.2 Å². The van der Waals surface area contributed by atoms with E-state index in [-0.39, 0.29) is 18.1 Å². The molecule has 0 spiro atoms. The van der Waals surface area contributed by atoms with Gasteiger partial charge in [-0.1, -0.05) is 42.5 Å². The van der Waals surface area contributed by atoms with E-state index in [9.17, 15) is 5.11 Å². The van der Waals surface area contributed by atoms with Crippen molar-refractivity contribution in [1.29, 1.82) is 0 Å². The van der Waals surface area contributed by atoms with Crippen molar-refractivity contribution in [3.05, 3.63) is 48.0 Å². The van der Waals surface area contributed by atoms with E-state index < -0.39 is 18.2 Å². The number of ether oxygens (including phenoxy) is 4.